The smallest absolute Gasteiger partial charge is 0.216 e. The summed E-state index contributed by atoms with van der Waals surface area (Å²) in [7, 11) is 1.68. The maximum absolute atomic E-state index is 5.76. The second-order valence-electron chi connectivity index (χ2n) is 7.84. The van der Waals surface area contributed by atoms with Gasteiger partial charge in [-0.05, 0) is 69.7 Å². The van der Waals surface area contributed by atoms with Crippen LogP contribution < -0.4 is 9.47 Å². The molecule has 0 aliphatic carbocycles. The molecule has 0 saturated carbocycles. The third-order valence-electron chi connectivity index (χ3n) is 5.81. The topological polar surface area (TPSA) is 47.5 Å². The third-order valence-corrected chi connectivity index (χ3v) is 5.81. The number of fused-ring (bicyclic) bond motifs is 1. The molecule has 2 aromatic rings. The predicted octanol–water partition coefficient (Wildman–Crippen LogP) is 3.74. The van der Waals surface area contributed by atoms with Crippen molar-refractivity contribution < 1.29 is 9.47 Å². The fourth-order valence-electron chi connectivity index (χ4n) is 4.29. The molecule has 5 heteroatoms. The lowest BCUT2D eigenvalue weighted by molar-refractivity contribution is 0.240. The van der Waals surface area contributed by atoms with Crippen LogP contribution in [0.15, 0.2) is 24.3 Å². The zero-order valence-electron chi connectivity index (χ0n) is 16.6. The molecule has 2 aromatic heterocycles. The molecule has 5 nitrogen and oxygen atoms in total. The van der Waals surface area contributed by atoms with Gasteiger partial charge in [0.2, 0.25) is 11.8 Å². The Labute approximate surface area is 161 Å². The number of pyridine rings is 2. The van der Waals surface area contributed by atoms with Gasteiger partial charge in [-0.1, -0.05) is 6.07 Å². The minimum Gasteiger partial charge on any atom is -0.481 e. The van der Waals surface area contributed by atoms with Crippen LogP contribution in [0, 0.1) is 12.8 Å². The standard InChI is InChI=1S/C22H29N3O2/c1-15-11-18(13-21(23-15)26-3)12-17-8-9-25(14-17)16(2)20-7-6-19-5-4-10-27-22(19)24-20/h6-7,11,13,16-17H,4-5,8-10,12,14H2,1-3H3/t16-,17?/m0/s1. The highest BCUT2D eigenvalue weighted by Crippen LogP contribution is 2.31. The van der Waals surface area contributed by atoms with Crippen LogP contribution in [0.25, 0.3) is 0 Å². The summed E-state index contributed by atoms with van der Waals surface area (Å²) >= 11 is 0. The lowest BCUT2D eigenvalue weighted by atomic mass is 9.99. The van der Waals surface area contributed by atoms with E-state index in [2.05, 4.69) is 41.1 Å². The molecule has 4 rings (SSSR count). The molecule has 27 heavy (non-hydrogen) atoms. The molecule has 1 fully saturated rings. The average molecular weight is 367 g/mol. The summed E-state index contributed by atoms with van der Waals surface area (Å²) in [5.41, 5.74) is 4.71. The molecule has 0 aromatic carbocycles. The van der Waals surface area contributed by atoms with Crippen molar-refractivity contribution in [2.75, 3.05) is 26.8 Å². The monoisotopic (exact) mass is 367 g/mol. The van der Waals surface area contributed by atoms with E-state index in [4.69, 9.17) is 14.5 Å². The van der Waals surface area contributed by atoms with Crippen molar-refractivity contribution in [3.8, 4) is 11.8 Å². The maximum atomic E-state index is 5.76. The number of likely N-dealkylation sites (tertiary alicyclic amines) is 1. The minimum absolute atomic E-state index is 0.319. The molecular weight excluding hydrogens is 338 g/mol. The summed E-state index contributed by atoms with van der Waals surface area (Å²) in [4.78, 5) is 11.8. The molecule has 0 amide bonds. The predicted molar refractivity (Wildman–Crippen MR) is 105 cm³/mol. The second-order valence-corrected chi connectivity index (χ2v) is 7.84. The first kappa shape index (κ1) is 18.2. The number of aromatic nitrogens is 2. The van der Waals surface area contributed by atoms with Crippen molar-refractivity contribution in [2.24, 2.45) is 5.92 Å². The van der Waals surface area contributed by atoms with Crippen molar-refractivity contribution in [1.82, 2.24) is 14.9 Å². The molecule has 0 spiro atoms. The van der Waals surface area contributed by atoms with E-state index in [0.717, 1.165) is 56.2 Å². The van der Waals surface area contributed by atoms with Crippen molar-refractivity contribution in [2.45, 2.75) is 45.6 Å². The number of ether oxygens (including phenoxy) is 2. The first-order valence-corrected chi connectivity index (χ1v) is 10.0. The van der Waals surface area contributed by atoms with Gasteiger partial charge in [0, 0.05) is 29.9 Å². The summed E-state index contributed by atoms with van der Waals surface area (Å²) in [6, 6.07) is 8.95. The zero-order chi connectivity index (χ0) is 18.8. The van der Waals surface area contributed by atoms with E-state index in [0.29, 0.717) is 17.8 Å². The molecule has 4 heterocycles. The zero-order valence-corrected chi connectivity index (χ0v) is 16.6. The highest BCUT2D eigenvalue weighted by atomic mass is 16.5. The maximum Gasteiger partial charge on any atom is 0.216 e. The molecule has 0 bridgehead atoms. The molecular formula is C22H29N3O2. The summed E-state index contributed by atoms with van der Waals surface area (Å²) in [6.45, 7) is 7.30. The Morgan fingerprint density at radius 3 is 3.04 bits per heavy atom. The lowest BCUT2D eigenvalue weighted by Gasteiger charge is -2.25. The Morgan fingerprint density at radius 1 is 1.30 bits per heavy atom. The largest absolute Gasteiger partial charge is 0.481 e. The quantitative estimate of drug-likeness (QED) is 0.806. The van der Waals surface area contributed by atoms with Crippen LogP contribution in [0.2, 0.25) is 0 Å². The Bertz CT molecular complexity index is 808. The van der Waals surface area contributed by atoms with E-state index in [1.54, 1.807) is 7.11 Å². The van der Waals surface area contributed by atoms with E-state index in [9.17, 15) is 0 Å². The fourth-order valence-corrected chi connectivity index (χ4v) is 4.29. The highest BCUT2D eigenvalue weighted by Gasteiger charge is 2.28. The van der Waals surface area contributed by atoms with Crippen molar-refractivity contribution in [3.63, 3.8) is 0 Å². The van der Waals surface area contributed by atoms with Gasteiger partial charge in [-0.25, -0.2) is 9.97 Å². The van der Waals surface area contributed by atoms with Gasteiger partial charge in [-0.15, -0.1) is 0 Å². The fraction of sp³-hybridized carbons (Fsp3) is 0.545. The van der Waals surface area contributed by atoms with Gasteiger partial charge in [0.15, 0.2) is 0 Å². The number of nitrogens with zero attached hydrogens (tertiary/aromatic N) is 3. The number of aryl methyl sites for hydroxylation is 2. The van der Waals surface area contributed by atoms with E-state index in [-0.39, 0.29) is 0 Å². The normalized spacial score (nSPS) is 20.8. The molecule has 0 radical (unpaired) electrons. The molecule has 144 valence electrons. The Balaban J connectivity index is 1.41. The number of methoxy groups -OCH3 is 1. The van der Waals surface area contributed by atoms with E-state index in [1.807, 2.05) is 6.92 Å². The van der Waals surface area contributed by atoms with E-state index >= 15 is 0 Å². The number of rotatable bonds is 5. The van der Waals surface area contributed by atoms with Gasteiger partial charge in [0.1, 0.15) is 0 Å². The third kappa shape index (κ3) is 4.08. The van der Waals surface area contributed by atoms with Gasteiger partial charge >= 0.3 is 0 Å². The van der Waals surface area contributed by atoms with Crippen LogP contribution in [0.5, 0.6) is 11.8 Å². The summed E-state index contributed by atoms with van der Waals surface area (Å²) in [5, 5.41) is 0. The summed E-state index contributed by atoms with van der Waals surface area (Å²) < 4.78 is 11.1. The van der Waals surface area contributed by atoms with Gasteiger partial charge in [0.25, 0.3) is 0 Å². The molecule has 1 unspecified atom stereocenters. The van der Waals surface area contributed by atoms with Crippen LogP contribution >= 0.6 is 0 Å². The van der Waals surface area contributed by atoms with E-state index in [1.165, 1.54) is 17.5 Å². The van der Waals surface area contributed by atoms with Crippen molar-refractivity contribution in [1.29, 1.82) is 0 Å². The second kappa shape index (κ2) is 7.85. The van der Waals surface area contributed by atoms with Crippen LogP contribution in [0.3, 0.4) is 0 Å². The Kier molecular flexibility index (Phi) is 5.30. The van der Waals surface area contributed by atoms with Crippen LogP contribution in [0.4, 0.5) is 0 Å². The molecule has 2 aliphatic rings. The Morgan fingerprint density at radius 2 is 2.19 bits per heavy atom. The summed E-state index contributed by atoms with van der Waals surface area (Å²) in [5.74, 6) is 2.22. The number of hydrogen-bond donors (Lipinski definition) is 0. The minimum atomic E-state index is 0.319. The molecule has 1 saturated heterocycles. The van der Waals surface area contributed by atoms with Gasteiger partial charge < -0.3 is 9.47 Å². The first-order chi connectivity index (χ1) is 13.1. The first-order valence-electron chi connectivity index (χ1n) is 10.0. The molecule has 0 N–H and O–H groups in total. The van der Waals surface area contributed by atoms with E-state index < -0.39 is 0 Å². The number of hydrogen-bond acceptors (Lipinski definition) is 5. The molecule has 2 atom stereocenters. The Hall–Kier alpha value is -2.14. The van der Waals surface area contributed by atoms with Gasteiger partial charge in [-0.3, -0.25) is 4.90 Å². The molecule has 2 aliphatic heterocycles. The SMILES string of the molecule is COc1cc(CC2CCN([C@@H](C)c3ccc4c(n3)OCCC4)C2)cc(C)n1. The highest BCUT2D eigenvalue weighted by molar-refractivity contribution is 5.31. The van der Waals surface area contributed by atoms with Crippen molar-refractivity contribution >= 4 is 0 Å². The van der Waals surface area contributed by atoms with Crippen LogP contribution in [-0.2, 0) is 12.8 Å². The van der Waals surface area contributed by atoms with Gasteiger partial charge in [0.05, 0.1) is 19.4 Å². The van der Waals surface area contributed by atoms with Gasteiger partial charge in [-0.2, -0.15) is 0 Å². The summed E-state index contributed by atoms with van der Waals surface area (Å²) in [6.07, 6.45) is 4.47. The van der Waals surface area contributed by atoms with Crippen molar-refractivity contribution in [3.05, 3.63) is 46.8 Å². The van der Waals surface area contributed by atoms with Crippen LogP contribution in [0.1, 0.15) is 48.3 Å². The van der Waals surface area contributed by atoms with Crippen LogP contribution in [-0.4, -0.2) is 41.7 Å². The average Bonchev–Trinajstić information content (AvgIpc) is 3.15. The lowest BCUT2D eigenvalue weighted by Crippen LogP contribution is -2.26.